The standard InChI is InChI=1S/C10H17NO2/c1-13-10(12)8-6-11-9(8)7-4-2-3-5-7/h7-9,11H,2-6H2,1H3. The molecule has 2 atom stereocenters. The Morgan fingerprint density at radius 2 is 2.08 bits per heavy atom. The smallest absolute Gasteiger partial charge is 0.311 e. The van der Waals surface area contributed by atoms with E-state index in [1.807, 2.05) is 0 Å². The number of hydrogen-bond acceptors (Lipinski definition) is 3. The van der Waals surface area contributed by atoms with E-state index in [0.717, 1.165) is 12.5 Å². The number of hydrogen-bond donors (Lipinski definition) is 1. The van der Waals surface area contributed by atoms with Crippen LogP contribution in [0.25, 0.3) is 0 Å². The number of ether oxygens (including phenoxy) is 1. The molecule has 0 aromatic carbocycles. The molecule has 74 valence electrons. The zero-order chi connectivity index (χ0) is 9.26. The number of rotatable bonds is 2. The van der Waals surface area contributed by atoms with Gasteiger partial charge in [-0.05, 0) is 18.8 Å². The molecule has 13 heavy (non-hydrogen) atoms. The van der Waals surface area contributed by atoms with Crippen molar-refractivity contribution in [2.24, 2.45) is 11.8 Å². The molecule has 2 rings (SSSR count). The first-order chi connectivity index (χ1) is 6.33. The van der Waals surface area contributed by atoms with E-state index >= 15 is 0 Å². The second-order valence-corrected chi connectivity index (χ2v) is 4.11. The zero-order valence-corrected chi connectivity index (χ0v) is 8.08. The van der Waals surface area contributed by atoms with Crippen molar-refractivity contribution in [3.63, 3.8) is 0 Å². The first-order valence-electron chi connectivity index (χ1n) is 5.14. The van der Waals surface area contributed by atoms with Crippen molar-refractivity contribution >= 4 is 5.97 Å². The van der Waals surface area contributed by atoms with Crippen molar-refractivity contribution in [1.29, 1.82) is 0 Å². The third-order valence-corrected chi connectivity index (χ3v) is 3.42. The quantitative estimate of drug-likeness (QED) is 0.647. The average molecular weight is 183 g/mol. The largest absolute Gasteiger partial charge is 0.469 e. The van der Waals surface area contributed by atoms with Crippen LogP contribution in [0.5, 0.6) is 0 Å². The van der Waals surface area contributed by atoms with Crippen LogP contribution in [0.4, 0.5) is 0 Å². The first-order valence-corrected chi connectivity index (χ1v) is 5.14. The van der Waals surface area contributed by atoms with E-state index in [0.29, 0.717) is 6.04 Å². The summed E-state index contributed by atoms with van der Waals surface area (Å²) in [6.45, 7) is 0.813. The van der Waals surface area contributed by atoms with E-state index < -0.39 is 0 Å². The Morgan fingerprint density at radius 3 is 2.54 bits per heavy atom. The molecule has 1 heterocycles. The predicted molar refractivity (Wildman–Crippen MR) is 49.3 cm³/mol. The van der Waals surface area contributed by atoms with Crippen molar-refractivity contribution in [1.82, 2.24) is 5.32 Å². The summed E-state index contributed by atoms with van der Waals surface area (Å²) >= 11 is 0. The Balaban J connectivity index is 1.89. The maximum atomic E-state index is 11.3. The van der Waals surface area contributed by atoms with Crippen LogP contribution < -0.4 is 5.32 Å². The molecule has 1 saturated carbocycles. The summed E-state index contributed by atoms with van der Waals surface area (Å²) in [6, 6.07) is 0.412. The topological polar surface area (TPSA) is 38.3 Å². The van der Waals surface area contributed by atoms with E-state index in [2.05, 4.69) is 5.32 Å². The van der Waals surface area contributed by atoms with Gasteiger partial charge in [-0.15, -0.1) is 0 Å². The van der Waals surface area contributed by atoms with Crippen LogP contribution in [0, 0.1) is 11.8 Å². The van der Waals surface area contributed by atoms with Gasteiger partial charge in [-0.3, -0.25) is 4.79 Å². The molecule has 1 saturated heterocycles. The number of methoxy groups -OCH3 is 1. The Kier molecular flexibility index (Phi) is 2.54. The maximum absolute atomic E-state index is 11.3. The Labute approximate surface area is 78.8 Å². The van der Waals surface area contributed by atoms with Gasteiger partial charge in [0.05, 0.1) is 13.0 Å². The molecule has 0 bridgehead atoms. The van der Waals surface area contributed by atoms with E-state index in [-0.39, 0.29) is 11.9 Å². The molecule has 1 N–H and O–H groups in total. The molecule has 0 spiro atoms. The molecular weight excluding hydrogens is 166 g/mol. The first kappa shape index (κ1) is 9.00. The van der Waals surface area contributed by atoms with Crippen molar-refractivity contribution in [2.45, 2.75) is 31.7 Å². The molecule has 1 aliphatic heterocycles. The second kappa shape index (κ2) is 3.66. The van der Waals surface area contributed by atoms with E-state index in [9.17, 15) is 4.79 Å². The minimum Gasteiger partial charge on any atom is -0.469 e. The van der Waals surface area contributed by atoms with Crippen LogP contribution in [0.3, 0.4) is 0 Å². The highest BCUT2D eigenvalue weighted by Crippen LogP contribution is 2.34. The second-order valence-electron chi connectivity index (χ2n) is 4.11. The Morgan fingerprint density at radius 1 is 1.38 bits per heavy atom. The van der Waals surface area contributed by atoms with Crippen molar-refractivity contribution in [3.8, 4) is 0 Å². The molecule has 3 nitrogen and oxygen atoms in total. The van der Waals surface area contributed by atoms with E-state index in [4.69, 9.17) is 4.74 Å². The number of carbonyl (C=O) groups excluding carboxylic acids is 1. The molecule has 0 aromatic rings. The average Bonchev–Trinajstić information content (AvgIpc) is 2.55. The van der Waals surface area contributed by atoms with E-state index in [1.165, 1.54) is 32.8 Å². The molecule has 3 heteroatoms. The van der Waals surface area contributed by atoms with Gasteiger partial charge in [0.15, 0.2) is 0 Å². The van der Waals surface area contributed by atoms with Crippen LogP contribution in [0.2, 0.25) is 0 Å². The van der Waals surface area contributed by atoms with Gasteiger partial charge in [0, 0.05) is 12.6 Å². The molecule has 2 fully saturated rings. The lowest BCUT2D eigenvalue weighted by molar-refractivity contribution is -0.150. The van der Waals surface area contributed by atoms with Gasteiger partial charge >= 0.3 is 5.97 Å². The van der Waals surface area contributed by atoms with Crippen LogP contribution in [-0.4, -0.2) is 25.7 Å². The zero-order valence-electron chi connectivity index (χ0n) is 8.08. The molecule has 0 aromatic heterocycles. The summed E-state index contributed by atoms with van der Waals surface area (Å²) in [4.78, 5) is 11.3. The third-order valence-electron chi connectivity index (χ3n) is 3.42. The normalized spacial score (nSPS) is 34.2. The molecule has 2 unspecified atom stereocenters. The number of nitrogens with one attached hydrogen (secondary N) is 1. The van der Waals surface area contributed by atoms with E-state index in [1.54, 1.807) is 0 Å². The van der Waals surface area contributed by atoms with Crippen LogP contribution in [0.15, 0.2) is 0 Å². The lowest BCUT2D eigenvalue weighted by atomic mass is 9.81. The van der Waals surface area contributed by atoms with Gasteiger partial charge in [0.1, 0.15) is 0 Å². The van der Waals surface area contributed by atoms with Crippen molar-refractivity contribution in [3.05, 3.63) is 0 Å². The summed E-state index contributed by atoms with van der Waals surface area (Å²) in [5.41, 5.74) is 0. The van der Waals surface area contributed by atoms with Gasteiger partial charge in [0.2, 0.25) is 0 Å². The Bertz CT molecular complexity index is 199. The van der Waals surface area contributed by atoms with Gasteiger partial charge in [-0.2, -0.15) is 0 Å². The van der Waals surface area contributed by atoms with Gasteiger partial charge < -0.3 is 10.1 Å². The summed E-state index contributed by atoms with van der Waals surface area (Å²) in [5, 5.41) is 3.35. The number of esters is 1. The molecule has 0 radical (unpaired) electrons. The highest BCUT2D eigenvalue weighted by Gasteiger charge is 2.42. The fourth-order valence-electron chi connectivity index (χ4n) is 2.56. The fourth-order valence-corrected chi connectivity index (χ4v) is 2.56. The van der Waals surface area contributed by atoms with Crippen LogP contribution in [0.1, 0.15) is 25.7 Å². The SMILES string of the molecule is COC(=O)C1CNC1C1CCCC1. The van der Waals surface area contributed by atoms with Crippen molar-refractivity contribution < 1.29 is 9.53 Å². The minimum atomic E-state index is -0.0318. The van der Waals surface area contributed by atoms with Crippen LogP contribution in [-0.2, 0) is 9.53 Å². The summed E-state index contributed by atoms with van der Waals surface area (Å²) in [5.74, 6) is 0.821. The summed E-state index contributed by atoms with van der Waals surface area (Å²) in [6.07, 6.45) is 5.23. The highest BCUT2D eigenvalue weighted by molar-refractivity contribution is 5.74. The molecule has 2 aliphatic rings. The summed E-state index contributed by atoms with van der Waals surface area (Å²) in [7, 11) is 1.48. The van der Waals surface area contributed by atoms with Crippen LogP contribution >= 0.6 is 0 Å². The van der Waals surface area contributed by atoms with Crippen molar-refractivity contribution in [2.75, 3.05) is 13.7 Å². The fraction of sp³-hybridized carbons (Fsp3) is 0.900. The molecular formula is C10H17NO2. The highest BCUT2D eigenvalue weighted by atomic mass is 16.5. The lowest BCUT2D eigenvalue weighted by Crippen LogP contribution is -2.59. The molecule has 0 amide bonds. The monoisotopic (exact) mass is 183 g/mol. The maximum Gasteiger partial charge on any atom is 0.311 e. The Hall–Kier alpha value is -0.570. The predicted octanol–water partition coefficient (Wildman–Crippen LogP) is 0.938. The van der Waals surface area contributed by atoms with Gasteiger partial charge in [0.25, 0.3) is 0 Å². The van der Waals surface area contributed by atoms with Gasteiger partial charge in [-0.1, -0.05) is 12.8 Å². The van der Waals surface area contributed by atoms with Gasteiger partial charge in [-0.25, -0.2) is 0 Å². The lowest BCUT2D eigenvalue weighted by Gasteiger charge is -2.40. The third kappa shape index (κ3) is 1.57. The molecule has 1 aliphatic carbocycles. The summed E-state index contributed by atoms with van der Waals surface area (Å²) < 4.78 is 4.77. The number of carbonyl (C=O) groups is 1. The minimum absolute atomic E-state index is 0.0318.